The highest BCUT2D eigenvalue weighted by atomic mass is 32.2. The van der Waals surface area contributed by atoms with Crippen molar-refractivity contribution in [2.75, 3.05) is 19.5 Å². The number of rotatable bonds is 7. The van der Waals surface area contributed by atoms with Crippen molar-refractivity contribution in [2.45, 2.75) is 9.92 Å². The molecule has 1 heterocycles. The van der Waals surface area contributed by atoms with Crippen molar-refractivity contribution in [2.24, 2.45) is 0 Å². The van der Waals surface area contributed by atoms with Crippen molar-refractivity contribution in [3.63, 3.8) is 0 Å². The van der Waals surface area contributed by atoms with E-state index in [0.717, 1.165) is 4.90 Å². The second kappa shape index (κ2) is 10.2. The van der Waals surface area contributed by atoms with Gasteiger partial charge in [0, 0.05) is 22.6 Å². The average Bonchev–Trinajstić information content (AvgIpc) is 2.87. The molecule has 7 nitrogen and oxygen atoms in total. The summed E-state index contributed by atoms with van der Waals surface area (Å²) in [6.45, 7) is 0. The molecule has 0 aliphatic heterocycles. The molecule has 0 fully saturated rings. The van der Waals surface area contributed by atoms with Gasteiger partial charge in [-0.2, -0.15) is 9.78 Å². The molecule has 34 heavy (non-hydrogen) atoms. The van der Waals surface area contributed by atoms with Crippen LogP contribution in [0.25, 0.3) is 5.69 Å². The molecule has 172 valence electrons. The standard InChI is InChI=1S/C25H20FN3O4S/c1-32-19-9-12-21(22(15-19)33-2)27-25(31)16-3-7-18(8-4-16)29-24(30)14-13-23(28-29)34-20-10-5-17(26)6-11-20/h3-15H,1-2H3,(H,27,31). The summed E-state index contributed by atoms with van der Waals surface area (Å²) in [5.74, 6) is 0.417. The summed E-state index contributed by atoms with van der Waals surface area (Å²) in [4.78, 5) is 25.9. The molecule has 1 amide bonds. The molecule has 1 N–H and O–H groups in total. The van der Waals surface area contributed by atoms with E-state index in [1.165, 1.54) is 41.8 Å². The van der Waals surface area contributed by atoms with Crippen molar-refractivity contribution < 1.29 is 18.7 Å². The van der Waals surface area contributed by atoms with E-state index in [1.807, 2.05) is 0 Å². The number of benzene rings is 3. The predicted molar refractivity (Wildman–Crippen MR) is 128 cm³/mol. The molecule has 0 saturated heterocycles. The van der Waals surface area contributed by atoms with E-state index in [1.54, 1.807) is 67.8 Å². The molecule has 0 saturated carbocycles. The van der Waals surface area contributed by atoms with Gasteiger partial charge in [-0.1, -0.05) is 11.8 Å². The Kier molecular flexibility index (Phi) is 6.93. The van der Waals surface area contributed by atoms with Crippen LogP contribution in [0.3, 0.4) is 0 Å². The van der Waals surface area contributed by atoms with Gasteiger partial charge in [0.15, 0.2) is 0 Å². The van der Waals surface area contributed by atoms with E-state index in [9.17, 15) is 14.0 Å². The number of hydrogen-bond donors (Lipinski definition) is 1. The van der Waals surface area contributed by atoms with Gasteiger partial charge in [0.1, 0.15) is 22.3 Å². The van der Waals surface area contributed by atoms with Crippen LogP contribution < -0.4 is 20.3 Å². The second-order valence-electron chi connectivity index (χ2n) is 7.04. The number of carbonyl (C=O) groups is 1. The van der Waals surface area contributed by atoms with Crippen molar-refractivity contribution in [1.82, 2.24) is 9.78 Å². The quantitative estimate of drug-likeness (QED) is 0.412. The first-order valence-corrected chi connectivity index (χ1v) is 11.0. The van der Waals surface area contributed by atoms with Crippen molar-refractivity contribution >= 4 is 23.4 Å². The fraction of sp³-hybridized carbons (Fsp3) is 0.0800. The van der Waals surface area contributed by atoms with Crippen molar-refractivity contribution in [1.29, 1.82) is 0 Å². The normalized spacial score (nSPS) is 10.6. The fourth-order valence-corrected chi connectivity index (χ4v) is 3.88. The molecule has 0 spiro atoms. The first kappa shape index (κ1) is 23.1. The highest BCUT2D eigenvalue weighted by Crippen LogP contribution is 2.29. The van der Waals surface area contributed by atoms with Gasteiger partial charge in [-0.05, 0) is 66.7 Å². The van der Waals surface area contributed by atoms with E-state index in [0.29, 0.717) is 33.5 Å². The summed E-state index contributed by atoms with van der Waals surface area (Å²) in [5, 5.41) is 7.76. The van der Waals surface area contributed by atoms with E-state index >= 15 is 0 Å². The van der Waals surface area contributed by atoms with Crippen LogP contribution in [0, 0.1) is 5.82 Å². The van der Waals surface area contributed by atoms with Gasteiger partial charge < -0.3 is 14.8 Å². The molecular weight excluding hydrogens is 457 g/mol. The van der Waals surface area contributed by atoms with Gasteiger partial charge in [0.2, 0.25) is 0 Å². The Hall–Kier alpha value is -4.11. The van der Waals surface area contributed by atoms with E-state index in [2.05, 4.69) is 10.4 Å². The lowest BCUT2D eigenvalue weighted by Crippen LogP contribution is -2.20. The van der Waals surface area contributed by atoms with Crippen LogP contribution in [0.2, 0.25) is 0 Å². The monoisotopic (exact) mass is 477 g/mol. The van der Waals surface area contributed by atoms with Crippen LogP contribution in [-0.4, -0.2) is 29.9 Å². The topological polar surface area (TPSA) is 82.5 Å². The molecule has 0 bridgehead atoms. The van der Waals surface area contributed by atoms with Crippen LogP contribution >= 0.6 is 11.8 Å². The average molecular weight is 478 g/mol. The zero-order chi connectivity index (χ0) is 24.1. The summed E-state index contributed by atoms with van der Waals surface area (Å²) in [5.41, 5.74) is 1.08. The number of halogens is 1. The number of carbonyl (C=O) groups excluding carboxylic acids is 1. The lowest BCUT2D eigenvalue weighted by molar-refractivity contribution is 0.102. The van der Waals surface area contributed by atoms with Gasteiger partial charge in [-0.3, -0.25) is 9.59 Å². The summed E-state index contributed by atoms with van der Waals surface area (Å²) in [6.07, 6.45) is 0. The molecule has 0 atom stereocenters. The Morgan fingerprint density at radius 3 is 2.35 bits per heavy atom. The Balaban J connectivity index is 1.53. The SMILES string of the molecule is COc1ccc(NC(=O)c2ccc(-n3nc(Sc4ccc(F)cc4)ccc3=O)cc2)c(OC)c1. The molecule has 9 heteroatoms. The molecule has 0 radical (unpaired) electrons. The van der Waals surface area contributed by atoms with Crippen molar-refractivity contribution in [3.8, 4) is 17.2 Å². The zero-order valence-electron chi connectivity index (χ0n) is 18.3. The minimum Gasteiger partial charge on any atom is -0.497 e. The summed E-state index contributed by atoms with van der Waals surface area (Å²) in [6, 6.07) is 20.6. The van der Waals surface area contributed by atoms with Crippen LogP contribution in [0.1, 0.15) is 10.4 Å². The Morgan fingerprint density at radius 2 is 1.68 bits per heavy atom. The third-order valence-corrected chi connectivity index (χ3v) is 5.78. The van der Waals surface area contributed by atoms with Gasteiger partial charge >= 0.3 is 0 Å². The number of methoxy groups -OCH3 is 2. The van der Waals surface area contributed by atoms with E-state index in [-0.39, 0.29) is 17.3 Å². The third-order valence-electron chi connectivity index (χ3n) is 4.84. The zero-order valence-corrected chi connectivity index (χ0v) is 19.1. The first-order chi connectivity index (χ1) is 16.5. The molecule has 0 aliphatic carbocycles. The molecule has 4 rings (SSSR count). The van der Waals surface area contributed by atoms with Crippen LogP contribution in [0.15, 0.2) is 93.6 Å². The van der Waals surface area contributed by atoms with Gasteiger partial charge in [0.25, 0.3) is 11.5 Å². The lowest BCUT2D eigenvalue weighted by atomic mass is 10.2. The molecule has 1 aromatic heterocycles. The van der Waals surface area contributed by atoms with E-state index in [4.69, 9.17) is 9.47 Å². The highest BCUT2D eigenvalue weighted by Gasteiger charge is 2.12. The summed E-state index contributed by atoms with van der Waals surface area (Å²) in [7, 11) is 3.05. The summed E-state index contributed by atoms with van der Waals surface area (Å²) < 4.78 is 24.9. The molecule has 0 aliphatic rings. The number of nitrogens with one attached hydrogen (secondary N) is 1. The number of nitrogens with zero attached hydrogens (tertiary/aromatic N) is 2. The van der Waals surface area contributed by atoms with Crippen LogP contribution in [0.5, 0.6) is 11.5 Å². The van der Waals surface area contributed by atoms with Crippen molar-refractivity contribution in [3.05, 3.63) is 101 Å². The Labute approximate surface area is 199 Å². The number of anilines is 1. The number of amides is 1. The van der Waals surface area contributed by atoms with Gasteiger partial charge in [-0.25, -0.2) is 4.39 Å². The molecule has 0 unspecified atom stereocenters. The van der Waals surface area contributed by atoms with Gasteiger partial charge in [0.05, 0.1) is 25.6 Å². The molecule has 3 aromatic carbocycles. The number of ether oxygens (including phenoxy) is 2. The number of hydrogen-bond acceptors (Lipinski definition) is 6. The largest absolute Gasteiger partial charge is 0.497 e. The number of aromatic nitrogens is 2. The van der Waals surface area contributed by atoms with Crippen LogP contribution in [-0.2, 0) is 0 Å². The third kappa shape index (κ3) is 5.26. The lowest BCUT2D eigenvalue weighted by Gasteiger charge is -2.12. The Morgan fingerprint density at radius 1 is 0.941 bits per heavy atom. The maximum atomic E-state index is 13.1. The maximum Gasteiger partial charge on any atom is 0.271 e. The fourth-order valence-electron chi connectivity index (χ4n) is 3.11. The minimum atomic E-state index is -0.337. The predicted octanol–water partition coefficient (Wildman–Crippen LogP) is 4.79. The summed E-state index contributed by atoms with van der Waals surface area (Å²) >= 11 is 1.31. The van der Waals surface area contributed by atoms with Crippen LogP contribution in [0.4, 0.5) is 10.1 Å². The highest BCUT2D eigenvalue weighted by molar-refractivity contribution is 7.99. The Bertz CT molecular complexity index is 1370. The van der Waals surface area contributed by atoms with Gasteiger partial charge in [-0.15, -0.1) is 0 Å². The smallest absolute Gasteiger partial charge is 0.271 e. The second-order valence-corrected chi connectivity index (χ2v) is 8.14. The molecular formula is C25H20FN3O4S. The first-order valence-electron chi connectivity index (χ1n) is 10.1. The maximum absolute atomic E-state index is 13.1. The molecule has 4 aromatic rings. The minimum absolute atomic E-state index is 0.316. The van der Waals surface area contributed by atoms with E-state index < -0.39 is 0 Å².